The van der Waals surface area contributed by atoms with Gasteiger partial charge in [0, 0.05) is 15.3 Å². The third kappa shape index (κ3) is 2.82. The second kappa shape index (κ2) is 5.12. The smallest absolute Gasteiger partial charge is 0.223 e. The molecule has 0 unspecified atom stereocenters. The van der Waals surface area contributed by atoms with Gasteiger partial charge in [0.1, 0.15) is 0 Å². The Hall–Kier alpha value is -0.350. The highest BCUT2D eigenvalue weighted by molar-refractivity contribution is 9.10. The summed E-state index contributed by atoms with van der Waals surface area (Å²) in [5, 5.41) is 5.04. The van der Waals surface area contributed by atoms with Crippen molar-refractivity contribution in [3.8, 4) is 0 Å². The summed E-state index contributed by atoms with van der Waals surface area (Å²) in [5.74, 6) is 0.497. The lowest BCUT2D eigenvalue weighted by atomic mass is 10.1. The highest BCUT2D eigenvalue weighted by atomic mass is 79.9. The van der Waals surface area contributed by atoms with Gasteiger partial charge in [-0.05, 0) is 40.2 Å². The molecule has 0 atom stereocenters. The van der Waals surface area contributed by atoms with E-state index in [-0.39, 0.29) is 11.8 Å². The molecule has 1 aliphatic carbocycles. The van der Waals surface area contributed by atoms with Gasteiger partial charge in [0.25, 0.3) is 0 Å². The average molecular weight is 288 g/mol. The van der Waals surface area contributed by atoms with Gasteiger partial charge >= 0.3 is 0 Å². The normalized spacial score (nSPS) is 16.9. The molecule has 2 nitrogen and oxygen atoms in total. The van der Waals surface area contributed by atoms with Crippen molar-refractivity contribution in [1.82, 2.24) is 5.32 Å². The van der Waals surface area contributed by atoms with E-state index in [0.29, 0.717) is 6.54 Å². The minimum atomic E-state index is 0.229. The Morgan fingerprint density at radius 1 is 1.53 bits per heavy atom. The van der Waals surface area contributed by atoms with Crippen LogP contribution in [0.15, 0.2) is 15.9 Å². The molecule has 2 rings (SSSR count). The van der Waals surface area contributed by atoms with Crippen LogP contribution in [0.1, 0.15) is 30.6 Å². The number of carbonyl (C=O) groups excluding carboxylic acids is 1. The monoisotopic (exact) mass is 287 g/mol. The van der Waals surface area contributed by atoms with E-state index in [1.165, 1.54) is 17.7 Å². The molecule has 82 valence electrons. The third-order valence-electron chi connectivity index (χ3n) is 2.84. The zero-order valence-corrected chi connectivity index (χ0v) is 10.9. The maximum Gasteiger partial charge on any atom is 0.223 e. The highest BCUT2D eigenvalue weighted by Gasteiger charge is 2.22. The van der Waals surface area contributed by atoms with Crippen LogP contribution in [-0.2, 0) is 11.3 Å². The Labute approximate surface area is 102 Å². The first-order valence-electron chi connectivity index (χ1n) is 5.27. The van der Waals surface area contributed by atoms with E-state index < -0.39 is 0 Å². The predicted octanol–water partition coefficient (Wildman–Crippen LogP) is 3.32. The highest BCUT2D eigenvalue weighted by Crippen LogP contribution is 2.26. The van der Waals surface area contributed by atoms with Crippen molar-refractivity contribution in [2.75, 3.05) is 0 Å². The first kappa shape index (κ1) is 11.1. The number of carbonyl (C=O) groups is 1. The maximum atomic E-state index is 11.7. The molecule has 1 heterocycles. The lowest BCUT2D eigenvalue weighted by Gasteiger charge is -2.09. The summed E-state index contributed by atoms with van der Waals surface area (Å²) in [6, 6.07) is 2.02. The Morgan fingerprint density at radius 2 is 2.27 bits per heavy atom. The SMILES string of the molecule is O=C(NCc1sccc1Br)C1CCCC1. The van der Waals surface area contributed by atoms with E-state index in [1.807, 2.05) is 11.4 Å². The van der Waals surface area contributed by atoms with Gasteiger partial charge in [0.2, 0.25) is 5.91 Å². The van der Waals surface area contributed by atoms with E-state index in [2.05, 4.69) is 21.2 Å². The molecule has 0 spiro atoms. The number of nitrogens with one attached hydrogen (secondary N) is 1. The second-order valence-electron chi connectivity index (χ2n) is 3.89. The molecule has 1 aromatic heterocycles. The molecule has 1 saturated carbocycles. The van der Waals surface area contributed by atoms with Crippen molar-refractivity contribution in [2.45, 2.75) is 32.2 Å². The van der Waals surface area contributed by atoms with Crippen molar-refractivity contribution in [1.29, 1.82) is 0 Å². The zero-order valence-electron chi connectivity index (χ0n) is 8.46. The fraction of sp³-hybridized carbons (Fsp3) is 0.545. The lowest BCUT2D eigenvalue weighted by molar-refractivity contribution is -0.124. The van der Waals surface area contributed by atoms with Crippen LogP contribution in [0.2, 0.25) is 0 Å². The molecule has 1 fully saturated rings. The molecular weight excluding hydrogens is 274 g/mol. The molecule has 0 aromatic carbocycles. The van der Waals surface area contributed by atoms with Crippen LogP contribution < -0.4 is 5.32 Å². The van der Waals surface area contributed by atoms with E-state index in [1.54, 1.807) is 11.3 Å². The molecule has 0 radical (unpaired) electrons. The molecule has 1 N–H and O–H groups in total. The quantitative estimate of drug-likeness (QED) is 0.908. The minimum Gasteiger partial charge on any atom is -0.351 e. The van der Waals surface area contributed by atoms with Gasteiger partial charge in [-0.25, -0.2) is 0 Å². The van der Waals surface area contributed by atoms with Crippen molar-refractivity contribution >= 4 is 33.2 Å². The van der Waals surface area contributed by atoms with Crippen molar-refractivity contribution in [2.24, 2.45) is 5.92 Å². The lowest BCUT2D eigenvalue weighted by Crippen LogP contribution is -2.28. The number of hydrogen-bond donors (Lipinski definition) is 1. The van der Waals surface area contributed by atoms with Crippen LogP contribution in [0, 0.1) is 5.92 Å². The Kier molecular flexibility index (Phi) is 3.81. The first-order chi connectivity index (χ1) is 7.27. The topological polar surface area (TPSA) is 29.1 Å². The summed E-state index contributed by atoms with van der Waals surface area (Å²) in [7, 11) is 0. The molecule has 1 aliphatic rings. The second-order valence-corrected chi connectivity index (χ2v) is 5.75. The van der Waals surface area contributed by atoms with Crippen LogP contribution in [0.4, 0.5) is 0 Å². The van der Waals surface area contributed by atoms with Crippen molar-refractivity contribution in [3.63, 3.8) is 0 Å². The van der Waals surface area contributed by atoms with E-state index in [0.717, 1.165) is 17.3 Å². The van der Waals surface area contributed by atoms with Crippen LogP contribution in [-0.4, -0.2) is 5.91 Å². The van der Waals surface area contributed by atoms with E-state index in [9.17, 15) is 4.79 Å². The summed E-state index contributed by atoms with van der Waals surface area (Å²) in [5.41, 5.74) is 0. The van der Waals surface area contributed by atoms with E-state index >= 15 is 0 Å². The van der Waals surface area contributed by atoms with Gasteiger partial charge in [0.15, 0.2) is 0 Å². The summed E-state index contributed by atoms with van der Waals surface area (Å²) >= 11 is 5.13. The zero-order chi connectivity index (χ0) is 10.7. The number of amides is 1. The molecule has 0 aliphatic heterocycles. The van der Waals surface area contributed by atoms with Crippen LogP contribution in [0.3, 0.4) is 0 Å². The Morgan fingerprint density at radius 3 is 2.87 bits per heavy atom. The predicted molar refractivity (Wildman–Crippen MR) is 65.8 cm³/mol. The third-order valence-corrected chi connectivity index (χ3v) is 4.77. The Balaban J connectivity index is 1.83. The number of hydrogen-bond acceptors (Lipinski definition) is 2. The number of halogens is 1. The first-order valence-corrected chi connectivity index (χ1v) is 6.94. The van der Waals surface area contributed by atoms with E-state index in [4.69, 9.17) is 0 Å². The van der Waals surface area contributed by atoms with Crippen LogP contribution in [0.5, 0.6) is 0 Å². The van der Waals surface area contributed by atoms with Crippen LogP contribution >= 0.6 is 27.3 Å². The van der Waals surface area contributed by atoms with Gasteiger partial charge in [0.05, 0.1) is 6.54 Å². The van der Waals surface area contributed by atoms with Gasteiger partial charge in [-0.2, -0.15) is 0 Å². The van der Waals surface area contributed by atoms with Gasteiger partial charge < -0.3 is 5.32 Å². The number of thiophene rings is 1. The molecule has 0 saturated heterocycles. The molecule has 1 aromatic rings. The average Bonchev–Trinajstić information content (AvgIpc) is 2.85. The summed E-state index contributed by atoms with van der Waals surface area (Å²) in [4.78, 5) is 12.9. The molecule has 4 heteroatoms. The fourth-order valence-corrected chi connectivity index (χ4v) is 3.38. The van der Waals surface area contributed by atoms with Crippen molar-refractivity contribution in [3.05, 3.63) is 20.8 Å². The molecule has 0 bridgehead atoms. The fourth-order valence-electron chi connectivity index (χ4n) is 1.95. The summed E-state index contributed by atoms with van der Waals surface area (Å²) < 4.78 is 1.10. The summed E-state index contributed by atoms with van der Waals surface area (Å²) in [6.45, 7) is 0.660. The van der Waals surface area contributed by atoms with Crippen molar-refractivity contribution < 1.29 is 4.79 Å². The number of rotatable bonds is 3. The molecular formula is C11H14BrNOS. The minimum absolute atomic E-state index is 0.229. The largest absolute Gasteiger partial charge is 0.351 e. The standard InChI is InChI=1S/C11H14BrNOS/c12-9-5-6-15-10(9)7-13-11(14)8-3-1-2-4-8/h5-6,8H,1-4,7H2,(H,13,14). The van der Waals surface area contributed by atoms with Gasteiger partial charge in [-0.15, -0.1) is 11.3 Å². The summed E-state index contributed by atoms with van der Waals surface area (Å²) in [6.07, 6.45) is 4.55. The van der Waals surface area contributed by atoms with Gasteiger partial charge in [-0.3, -0.25) is 4.79 Å². The maximum absolute atomic E-state index is 11.7. The van der Waals surface area contributed by atoms with Crippen LogP contribution in [0.25, 0.3) is 0 Å². The Bertz CT molecular complexity index is 344. The molecule has 15 heavy (non-hydrogen) atoms. The van der Waals surface area contributed by atoms with Gasteiger partial charge in [-0.1, -0.05) is 12.8 Å². The molecule has 1 amide bonds.